The number of fused-ring (bicyclic) bond motifs is 1. The van der Waals surface area contributed by atoms with Crippen LogP contribution in [0.15, 0.2) is 65.1 Å². The molecular weight excluding hydrogens is 449 g/mol. The van der Waals surface area contributed by atoms with E-state index >= 15 is 0 Å². The lowest BCUT2D eigenvalue weighted by Gasteiger charge is -2.27. The SMILES string of the molecule is Cc1c(-c2ccc(Oc3ccc(F)cc3)cc2)oc2cc(N(S)CC(C)(C)O)c(C3CC3)cc12. The van der Waals surface area contributed by atoms with Gasteiger partial charge in [-0.25, -0.2) is 4.39 Å². The quantitative estimate of drug-likeness (QED) is 0.269. The van der Waals surface area contributed by atoms with Crippen molar-refractivity contribution in [1.82, 2.24) is 0 Å². The maximum Gasteiger partial charge on any atom is 0.138 e. The van der Waals surface area contributed by atoms with Crippen LogP contribution in [-0.4, -0.2) is 17.3 Å². The van der Waals surface area contributed by atoms with Crippen molar-refractivity contribution >= 4 is 29.5 Å². The second kappa shape index (κ2) is 8.67. The van der Waals surface area contributed by atoms with Crippen molar-refractivity contribution in [2.24, 2.45) is 0 Å². The predicted octanol–water partition coefficient (Wildman–Crippen LogP) is 7.64. The van der Waals surface area contributed by atoms with E-state index < -0.39 is 5.60 Å². The van der Waals surface area contributed by atoms with Crippen LogP contribution in [0.2, 0.25) is 0 Å². The number of anilines is 1. The molecule has 6 heteroatoms. The summed E-state index contributed by atoms with van der Waals surface area (Å²) < 4.78 is 27.1. The third kappa shape index (κ3) is 4.79. The summed E-state index contributed by atoms with van der Waals surface area (Å²) in [7, 11) is 0. The second-order valence-corrected chi connectivity index (χ2v) is 10.2. The van der Waals surface area contributed by atoms with E-state index in [1.165, 1.54) is 30.5 Å². The van der Waals surface area contributed by atoms with Gasteiger partial charge in [-0.15, -0.1) is 0 Å². The third-order valence-electron chi connectivity index (χ3n) is 6.08. The molecule has 1 saturated carbocycles. The van der Waals surface area contributed by atoms with E-state index in [0.717, 1.165) is 33.5 Å². The molecule has 0 saturated heterocycles. The average Bonchev–Trinajstić information content (AvgIpc) is 3.58. The standard InChI is InChI=1S/C28H28FNO3S/c1-17-23-14-24(18-4-5-18)25(30(34)16-28(2,3)31)15-26(23)33-27(17)19-6-10-21(11-7-19)32-22-12-8-20(29)9-13-22/h6-15,18,31,34H,4-5,16H2,1-3H3. The summed E-state index contributed by atoms with van der Waals surface area (Å²) in [5.41, 5.74) is 4.22. The molecular formula is C28H28FNO3S. The van der Waals surface area contributed by atoms with Gasteiger partial charge in [-0.05, 0) is 99.7 Å². The number of aliphatic hydroxyl groups is 1. The van der Waals surface area contributed by atoms with E-state index in [4.69, 9.17) is 9.15 Å². The van der Waals surface area contributed by atoms with Crippen LogP contribution in [0.3, 0.4) is 0 Å². The van der Waals surface area contributed by atoms with Crippen molar-refractivity contribution in [3.63, 3.8) is 0 Å². The first kappa shape index (κ1) is 22.8. The maximum absolute atomic E-state index is 13.1. The lowest BCUT2D eigenvalue weighted by molar-refractivity contribution is 0.0915. The molecule has 0 amide bonds. The van der Waals surface area contributed by atoms with Gasteiger partial charge in [0, 0.05) is 22.6 Å². The largest absolute Gasteiger partial charge is 0.457 e. The molecule has 1 fully saturated rings. The van der Waals surface area contributed by atoms with Crippen molar-refractivity contribution in [3.05, 3.63) is 77.6 Å². The van der Waals surface area contributed by atoms with Crippen LogP contribution in [0.25, 0.3) is 22.3 Å². The molecule has 0 radical (unpaired) electrons. The fraction of sp³-hybridized carbons (Fsp3) is 0.286. The lowest BCUT2D eigenvalue weighted by Crippen LogP contribution is -2.33. The zero-order valence-corrected chi connectivity index (χ0v) is 20.4. The summed E-state index contributed by atoms with van der Waals surface area (Å²) in [6.45, 7) is 6.05. The topological polar surface area (TPSA) is 45.8 Å². The molecule has 0 atom stereocenters. The molecule has 3 aromatic carbocycles. The first-order valence-electron chi connectivity index (χ1n) is 11.5. The minimum absolute atomic E-state index is 0.294. The van der Waals surface area contributed by atoms with E-state index in [1.54, 1.807) is 26.0 Å². The lowest BCUT2D eigenvalue weighted by atomic mass is 10.0. The van der Waals surface area contributed by atoms with Gasteiger partial charge in [-0.1, -0.05) is 12.8 Å². The molecule has 1 aliphatic carbocycles. The molecule has 4 nitrogen and oxygen atoms in total. The summed E-state index contributed by atoms with van der Waals surface area (Å²) >= 11 is 4.69. The maximum atomic E-state index is 13.1. The molecule has 34 heavy (non-hydrogen) atoms. The Kier molecular flexibility index (Phi) is 5.82. The molecule has 1 aliphatic rings. The molecule has 5 rings (SSSR count). The molecule has 0 spiro atoms. The van der Waals surface area contributed by atoms with Crippen molar-refractivity contribution in [1.29, 1.82) is 0 Å². The van der Waals surface area contributed by atoms with Gasteiger partial charge >= 0.3 is 0 Å². The van der Waals surface area contributed by atoms with Gasteiger partial charge in [0.2, 0.25) is 0 Å². The van der Waals surface area contributed by atoms with Crippen molar-refractivity contribution in [2.75, 3.05) is 10.8 Å². The monoisotopic (exact) mass is 477 g/mol. The summed E-state index contributed by atoms with van der Waals surface area (Å²) in [5, 5.41) is 11.4. The molecule has 0 bridgehead atoms. The Bertz CT molecular complexity index is 1320. The highest BCUT2D eigenvalue weighted by molar-refractivity contribution is 7.81. The van der Waals surface area contributed by atoms with Gasteiger partial charge in [0.05, 0.1) is 17.8 Å². The second-order valence-electron chi connectivity index (χ2n) is 9.69. The Morgan fingerprint density at radius 1 is 1.06 bits per heavy atom. The van der Waals surface area contributed by atoms with E-state index in [1.807, 2.05) is 34.6 Å². The zero-order chi connectivity index (χ0) is 24.0. The molecule has 4 aromatic rings. The minimum Gasteiger partial charge on any atom is -0.457 e. The highest BCUT2D eigenvalue weighted by atomic mass is 32.1. The molecule has 176 valence electrons. The normalized spacial score (nSPS) is 13.9. The van der Waals surface area contributed by atoms with Crippen LogP contribution in [0, 0.1) is 12.7 Å². The van der Waals surface area contributed by atoms with E-state index in [-0.39, 0.29) is 5.82 Å². The summed E-state index contributed by atoms with van der Waals surface area (Å²) in [6.07, 6.45) is 2.34. The Labute approximate surface area is 204 Å². The van der Waals surface area contributed by atoms with Crippen LogP contribution in [0.4, 0.5) is 10.1 Å². The number of thiol groups is 1. The van der Waals surface area contributed by atoms with E-state index in [0.29, 0.717) is 24.0 Å². The van der Waals surface area contributed by atoms with Gasteiger partial charge in [0.25, 0.3) is 0 Å². The van der Waals surface area contributed by atoms with E-state index in [9.17, 15) is 9.50 Å². The number of ether oxygens (including phenoxy) is 1. The number of hydrogen-bond acceptors (Lipinski definition) is 5. The predicted molar refractivity (Wildman–Crippen MR) is 137 cm³/mol. The fourth-order valence-electron chi connectivity index (χ4n) is 4.26. The first-order chi connectivity index (χ1) is 16.2. The molecule has 1 heterocycles. The minimum atomic E-state index is -0.862. The highest BCUT2D eigenvalue weighted by Crippen LogP contribution is 2.48. The summed E-state index contributed by atoms with van der Waals surface area (Å²) in [6, 6.07) is 17.9. The van der Waals surface area contributed by atoms with Crippen molar-refractivity contribution < 1.29 is 18.7 Å². The van der Waals surface area contributed by atoms with Crippen LogP contribution in [0.1, 0.15) is 43.7 Å². The zero-order valence-electron chi connectivity index (χ0n) is 19.5. The summed E-state index contributed by atoms with van der Waals surface area (Å²) in [5.74, 6) is 2.29. The van der Waals surface area contributed by atoms with Gasteiger partial charge < -0.3 is 18.6 Å². The Balaban J connectivity index is 1.47. The van der Waals surface area contributed by atoms with Crippen LogP contribution in [-0.2, 0) is 0 Å². The van der Waals surface area contributed by atoms with Crippen LogP contribution >= 0.6 is 12.8 Å². The van der Waals surface area contributed by atoms with Gasteiger partial charge in [0.1, 0.15) is 28.7 Å². The first-order valence-corrected chi connectivity index (χ1v) is 11.9. The molecule has 1 aromatic heterocycles. The van der Waals surface area contributed by atoms with Crippen molar-refractivity contribution in [2.45, 2.75) is 45.1 Å². The Hall–Kier alpha value is -2.96. The van der Waals surface area contributed by atoms with E-state index in [2.05, 4.69) is 25.8 Å². The Morgan fingerprint density at radius 2 is 1.68 bits per heavy atom. The molecule has 0 unspecified atom stereocenters. The van der Waals surface area contributed by atoms with Gasteiger partial charge in [0.15, 0.2) is 0 Å². The Morgan fingerprint density at radius 3 is 2.26 bits per heavy atom. The number of benzene rings is 3. The number of nitrogens with zero attached hydrogens (tertiary/aromatic N) is 1. The average molecular weight is 478 g/mol. The van der Waals surface area contributed by atoms with Gasteiger partial charge in [-0.3, -0.25) is 0 Å². The third-order valence-corrected chi connectivity index (χ3v) is 6.44. The number of halogens is 1. The summed E-state index contributed by atoms with van der Waals surface area (Å²) in [4.78, 5) is 0. The number of hydrogen-bond donors (Lipinski definition) is 2. The molecule has 1 N–H and O–H groups in total. The van der Waals surface area contributed by atoms with Crippen LogP contribution < -0.4 is 9.04 Å². The fourth-order valence-corrected chi connectivity index (χ4v) is 4.78. The smallest absolute Gasteiger partial charge is 0.138 e. The molecule has 0 aliphatic heterocycles. The number of rotatable bonds is 7. The van der Waals surface area contributed by atoms with Gasteiger partial charge in [-0.2, -0.15) is 0 Å². The van der Waals surface area contributed by atoms with Crippen LogP contribution in [0.5, 0.6) is 11.5 Å². The number of aryl methyl sites for hydroxylation is 1. The van der Waals surface area contributed by atoms with Crippen molar-refractivity contribution in [3.8, 4) is 22.8 Å². The highest BCUT2D eigenvalue weighted by Gasteiger charge is 2.30. The number of furan rings is 1.